The quantitative estimate of drug-likeness (QED) is 0.769. The summed E-state index contributed by atoms with van der Waals surface area (Å²) < 4.78 is 32.1. The highest BCUT2D eigenvalue weighted by Gasteiger charge is 2.17. The lowest BCUT2D eigenvalue weighted by atomic mass is 10.1. The van der Waals surface area contributed by atoms with Gasteiger partial charge in [0.1, 0.15) is 0 Å². The number of rotatable bonds is 7. The molecule has 0 unspecified atom stereocenters. The SMILES string of the molecule is CCc1ccc([C@@H](C)NS(=O)(=O)Cc2ccc(C(=O)OC)cc2)cc1. The molecule has 0 aromatic heterocycles. The van der Waals surface area contributed by atoms with Crippen LogP contribution in [0.3, 0.4) is 0 Å². The Kier molecular flexibility index (Phi) is 6.33. The first-order chi connectivity index (χ1) is 11.8. The molecule has 0 fully saturated rings. The second-order valence-corrected chi connectivity index (χ2v) is 7.64. The maximum absolute atomic E-state index is 12.4. The van der Waals surface area contributed by atoms with Crippen LogP contribution in [0.2, 0.25) is 0 Å². The number of hydrogen-bond acceptors (Lipinski definition) is 4. The highest BCUT2D eigenvalue weighted by Crippen LogP contribution is 2.16. The van der Waals surface area contributed by atoms with Gasteiger partial charge in [0.15, 0.2) is 0 Å². The van der Waals surface area contributed by atoms with E-state index in [1.807, 2.05) is 31.2 Å². The monoisotopic (exact) mass is 361 g/mol. The topological polar surface area (TPSA) is 72.5 Å². The molecule has 134 valence electrons. The van der Waals surface area contributed by atoms with Crippen molar-refractivity contribution < 1.29 is 17.9 Å². The molecule has 0 radical (unpaired) electrons. The van der Waals surface area contributed by atoms with Crippen LogP contribution in [-0.2, 0) is 26.9 Å². The third-order valence-corrected chi connectivity index (χ3v) is 5.40. The van der Waals surface area contributed by atoms with Crippen molar-refractivity contribution in [2.24, 2.45) is 0 Å². The van der Waals surface area contributed by atoms with Crippen LogP contribution < -0.4 is 4.72 Å². The number of aryl methyl sites for hydroxylation is 1. The molecular formula is C19H23NO4S. The molecule has 0 aliphatic rings. The second kappa shape index (κ2) is 8.27. The van der Waals surface area contributed by atoms with E-state index in [4.69, 9.17) is 0 Å². The van der Waals surface area contributed by atoms with Gasteiger partial charge < -0.3 is 4.74 Å². The van der Waals surface area contributed by atoms with Crippen LogP contribution >= 0.6 is 0 Å². The Bertz CT molecular complexity index is 812. The summed E-state index contributed by atoms with van der Waals surface area (Å²) in [5, 5.41) is 0. The standard InChI is InChI=1S/C19H23NO4S/c1-4-15-5-9-17(10-6-15)14(2)20-25(22,23)13-16-7-11-18(12-8-16)19(21)24-3/h5-12,14,20H,4,13H2,1-3H3/t14-/m1/s1. The summed E-state index contributed by atoms with van der Waals surface area (Å²) in [5.74, 6) is -0.595. The van der Waals surface area contributed by atoms with Crippen LogP contribution in [0.5, 0.6) is 0 Å². The van der Waals surface area contributed by atoms with Gasteiger partial charge in [-0.1, -0.05) is 43.3 Å². The minimum atomic E-state index is -3.50. The van der Waals surface area contributed by atoms with E-state index in [-0.39, 0.29) is 11.8 Å². The predicted octanol–water partition coefficient (Wildman–Crippen LogP) is 3.22. The lowest BCUT2D eigenvalue weighted by Gasteiger charge is -2.15. The second-order valence-electron chi connectivity index (χ2n) is 5.88. The molecular weight excluding hydrogens is 338 g/mol. The summed E-state index contributed by atoms with van der Waals surface area (Å²) in [6.07, 6.45) is 0.946. The molecule has 1 N–H and O–H groups in total. The Morgan fingerprint density at radius 2 is 1.60 bits per heavy atom. The average molecular weight is 361 g/mol. The molecule has 2 aromatic carbocycles. The van der Waals surface area contributed by atoms with E-state index in [1.54, 1.807) is 24.3 Å². The van der Waals surface area contributed by atoms with Crippen LogP contribution in [0.4, 0.5) is 0 Å². The minimum absolute atomic E-state index is 0.147. The van der Waals surface area contributed by atoms with E-state index in [0.717, 1.165) is 12.0 Å². The molecule has 2 rings (SSSR count). The molecule has 5 nitrogen and oxygen atoms in total. The normalized spacial score (nSPS) is 12.6. The summed E-state index contributed by atoms with van der Waals surface area (Å²) in [6, 6.07) is 13.9. The van der Waals surface area contributed by atoms with E-state index in [1.165, 1.54) is 12.7 Å². The zero-order valence-electron chi connectivity index (χ0n) is 14.7. The van der Waals surface area contributed by atoms with Crippen molar-refractivity contribution in [3.63, 3.8) is 0 Å². The Balaban J connectivity index is 2.04. The first-order valence-corrected chi connectivity index (χ1v) is 9.76. The van der Waals surface area contributed by atoms with Crippen molar-refractivity contribution in [1.29, 1.82) is 0 Å². The zero-order valence-corrected chi connectivity index (χ0v) is 15.5. The molecule has 0 bridgehead atoms. The molecule has 25 heavy (non-hydrogen) atoms. The van der Waals surface area contributed by atoms with Gasteiger partial charge in [-0.25, -0.2) is 17.9 Å². The molecule has 0 saturated carbocycles. The molecule has 6 heteroatoms. The molecule has 0 amide bonds. The van der Waals surface area contributed by atoms with Crippen molar-refractivity contribution in [3.8, 4) is 0 Å². The number of nitrogens with one attached hydrogen (secondary N) is 1. The molecule has 0 saturated heterocycles. The van der Waals surface area contributed by atoms with Gasteiger partial charge in [0.2, 0.25) is 10.0 Å². The first kappa shape index (κ1) is 19.1. The van der Waals surface area contributed by atoms with Crippen LogP contribution in [-0.4, -0.2) is 21.5 Å². The number of sulfonamides is 1. The first-order valence-electron chi connectivity index (χ1n) is 8.10. The molecule has 2 aromatic rings. The number of methoxy groups -OCH3 is 1. The third-order valence-electron chi connectivity index (χ3n) is 3.98. The number of carbonyl (C=O) groups excluding carboxylic acids is 1. The van der Waals surface area contributed by atoms with Crippen LogP contribution in [0, 0.1) is 0 Å². The maximum Gasteiger partial charge on any atom is 0.337 e. The third kappa shape index (κ3) is 5.41. The smallest absolute Gasteiger partial charge is 0.337 e. The van der Waals surface area contributed by atoms with Crippen molar-refractivity contribution in [1.82, 2.24) is 4.72 Å². The summed E-state index contributed by atoms with van der Waals surface area (Å²) in [5.41, 5.74) is 3.13. The zero-order chi connectivity index (χ0) is 18.4. The summed E-state index contributed by atoms with van der Waals surface area (Å²) >= 11 is 0. The fourth-order valence-corrected chi connectivity index (χ4v) is 3.88. The number of benzene rings is 2. The molecule has 0 aliphatic heterocycles. The summed E-state index contributed by atoms with van der Waals surface area (Å²) in [4.78, 5) is 11.4. The largest absolute Gasteiger partial charge is 0.465 e. The van der Waals surface area contributed by atoms with Gasteiger partial charge in [0.25, 0.3) is 0 Å². The lowest BCUT2D eigenvalue weighted by molar-refractivity contribution is 0.0600. The van der Waals surface area contributed by atoms with E-state index in [9.17, 15) is 13.2 Å². The van der Waals surface area contributed by atoms with Crippen LogP contribution in [0.1, 0.15) is 46.9 Å². The molecule has 0 heterocycles. The van der Waals surface area contributed by atoms with Crippen LogP contribution in [0.15, 0.2) is 48.5 Å². The minimum Gasteiger partial charge on any atom is -0.465 e. The van der Waals surface area contributed by atoms with Crippen molar-refractivity contribution in [2.45, 2.75) is 32.1 Å². The Hall–Kier alpha value is -2.18. The predicted molar refractivity (Wildman–Crippen MR) is 97.8 cm³/mol. The van der Waals surface area contributed by atoms with E-state index in [2.05, 4.69) is 16.4 Å². The average Bonchev–Trinajstić information content (AvgIpc) is 2.61. The van der Waals surface area contributed by atoms with Gasteiger partial charge in [-0.15, -0.1) is 0 Å². The van der Waals surface area contributed by atoms with Gasteiger partial charge in [-0.2, -0.15) is 0 Å². The number of hydrogen-bond donors (Lipinski definition) is 1. The maximum atomic E-state index is 12.4. The summed E-state index contributed by atoms with van der Waals surface area (Å²) in [6.45, 7) is 3.89. The fraction of sp³-hybridized carbons (Fsp3) is 0.316. The van der Waals surface area contributed by atoms with E-state index >= 15 is 0 Å². The van der Waals surface area contributed by atoms with E-state index < -0.39 is 16.0 Å². The molecule has 0 spiro atoms. The fourth-order valence-electron chi connectivity index (χ4n) is 2.50. The van der Waals surface area contributed by atoms with Gasteiger partial charge in [0.05, 0.1) is 18.4 Å². The van der Waals surface area contributed by atoms with Crippen molar-refractivity contribution in [2.75, 3.05) is 7.11 Å². The van der Waals surface area contributed by atoms with Gasteiger partial charge >= 0.3 is 5.97 Å². The number of ether oxygens (including phenoxy) is 1. The number of carbonyl (C=O) groups is 1. The molecule has 1 atom stereocenters. The van der Waals surface area contributed by atoms with Crippen molar-refractivity contribution >= 4 is 16.0 Å². The van der Waals surface area contributed by atoms with Gasteiger partial charge in [-0.3, -0.25) is 0 Å². The Labute approximate surface area is 149 Å². The molecule has 0 aliphatic carbocycles. The highest BCUT2D eigenvalue weighted by atomic mass is 32.2. The lowest BCUT2D eigenvalue weighted by Crippen LogP contribution is -2.28. The number of esters is 1. The Morgan fingerprint density at radius 1 is 1.04 bits per heavy atom. The highest BCUT2D eigenvalue weighted by molar-refractivity contribution is 7.88. The van der Waals surface area contributed by atoms with E-state index in [0.29, 0.717) is 11.1 Å². The van der Waals surface area contributed by atoms with Gasteiger partial charge in [-0.05, 0) is 42.2 Å². The van der Waals surface area contributed by atoms with Crippen LogP contribution in [0.25, 0.3) is 0 Å². The summed E-state index contributed by atoms with van der Waals surface area (Å²) in [7, 11) is -2.20. The van der Waals surface area contributed by atoms with Crippen molar-refractivity contribution in [3.05, 3.63) is 70.8 Å². The Morgan fingerprint density at radius 3 is 2.12 bits per heavy atom. The van der Waals surface area contributed by atoms with Gasteiger partial charge in [0, 0.05) is 6.04 Å².